The van der Waals surface area contributed by atoms with E-state index in [2.05, 4.69) is 0 Å². The quantitative estimate of drug-likeness (QED) is 0.840. The molecule has 1 amide bonds. The van der Waals surface area contributed by atoms with Crippen LogP contribution in [-0.4, -0.2) is 14.3 Å². The molecule has 3 N–H and O–H groups in total. The number of carbonyl (C=O) groups is 1. The Morgan fingerprint density at radius 3 is 2.09 bits per heavy atom. The SMILES string of the molecule is NC(=O)c1ccc(S(=O)(=O)Nc2ccc(F)c(F)c2F)cc1. The Bertz CT molecular complexity index is 836. The molecular formula is C13H9F3N2O3S. The number of halogens is 3. The third-order valence-corrected chi connectivity index (χ3v) is 4.11. The maximum absolute atomic E-state index is 13.5. The number of carbonyl (C=O) groups excluding carboxylic acids is 1. The first-order valence-electron chi connectivity index (χ1n) is 5.78. The molecule has 22 heavy (non-hydrogen) atoms. The number of sulfonamides is 1. The predicted molar refractivity (Wildman–Crippen MR) is 72.1 cm³/mol. The Labute approximate surface area is 123 Å². The Hall–Kier alpha value is -2.55. The van der Waals surface area contributed by atoms with Gasteiger partial charge in [-0.3, -0.25) is 9.52 Å². The zero-order valence-electron chi connectivity index (χ0n) is 10.8. The molecule has 2 aromatic carbocycles. The van der Waals surface area contributed by atoms with Crippen LogP contribution in [0.5, 0.6) is 0 Å². The molecule has 0 spiro atoms. The molecule has 116 valence electrons. The molecule has 0 heterocycles. The van der Waals surface area contributed by atoms with Crippen molar-refractivity contribution in [3.05, 3.63) is 59.4 Å². The zero-order valence-corrected chi connectivity index (χ0v) is 11.6. The highest BCUT2D eigenvalue weighted by atomic mass is 32.2. The van der Waals surface area contributed by atoms with E-state index >= 15 is 0 Å². The van der Waals surface area contributed by atoms with E-state index in [0.29, 0.717) is 6.07 Å². The van der Waals surface area contributed by atoms with Crippen molar-refractivity contribution in [3.63, 3.8) is 0 Å². The fourth-order valence-electron chi connectivity index (χ4n) is 1.61. The molecule has 0 aliphatic carbocycles. The van der Waals surface area contributed by atoms with Crippen molar-refractivity contribution in [3.8, 4) is 0 Å². The summed E-state index contributed by atoms with van der Waals surface area (Å²) >= 11 is 0. The number of hydrogen-bond acceptors (Lipinski definition) is 3. The maximum atomic E-state index is 13.5. The molecule has 2 aromatic rings. The number of anilines is 1. The number of amides is 1. The van der Waals surface area contributed by atoms with Gasteiger partial charge in [0, 0.05) is 5.56 Å². The second kappa shape index (κ2) is 5.68. The number of benzene rings is 2. The minimum absolute atomic E-state index is 0.0814. The molecule has 9 heteroatoms. The average molecular weight is 330 g/mol. The Morgan fingerprint density at radius 2 is 1.55 bits per heavy atom. The summed E-state index contributed by atoms with van der Waals surface area (Å²) in [5, 5.41) is 0. The molecule has 0 fully saturated rings. The summed E-state index contributed by atoms with van der Waals surface area (Å²) in [7, 11) is -4.24. The van der Waals surface area contributed by atoms with Gasteiger partial charge >= 0.3 is 0 Å². The van der Waals surface area contributed by atoms with Crippen LogP contribution < -0.4 is 10.5 Å². The summed E-state index contributed by atoms with van der Waals surface area (Å²) in [6.45, 7) is 0. The molecule has 0 aromatic heterocycles. The first kappa shape index (κ1) is 15.8. The first-order valence-corrected chi connectivity index (χ1v) is 7.27. The van der Waals surface area contributed by atoms with Crippen LogP contribution in [0.25, 0.3) is 0 Å². The highest BCUT2D eigenvalue weighted by molar-refractivity contribution is 7.92. The number of hydrogen-bond donors (Lipinski definition) is 2. The molecule has 2 rings (SSSR count). The lowest BCUT2D eigenvalue weighted by atomic mass is 10.2. The fourth-order valence-corrected chi connectivity index (χ4v) is 2.67. The summed E-state index contributed by atoms with van der Waals surface area (Å²) in [6, 6.07) is 5.81. The minimum Gasteiger partial charge on any atom is -0.366 e. The summed E-state index contributed by atoms with van der Waals surface area (Å²) in [4.78, 5) is 10.6. The molecule has 0 saturated heterocycles. The summed E-state index contributed by atoms with van der Waals surface area (Å²) in [5.41, 5.74) is 4.36. The monoisotopic (exact) mass is 330 g/mol. The number of nitrogens with two attached hydrogens (primary N) is 1. The molecule has 0 atom stereocenters. The van der Waals surface area contributed by atoms with Gasteiger partial charge in [-0.15, -0.1) is 0 Å². The topological polar surface area (TPSA) is 89.3 Å². The van der Waals surface area contributed by atoms with Crippen LogP contribution in [0.4, 0.5) is 18.9 Å². The second-order valence-electron chi connectivity index (χ2n) is 4.22. The maximum Gasteiger partial charge on any atom is 0.261 e. The summed E-state index contributed by atoms with van der Waals surface area (Å²) in [6.07, 6.45) is 0. The largest absolute Gasteiger partial charge is 0.366 e. The third-order valence-electron chi connectivity index (χ3n) is 2.73. The average Bonchev–Trinajstić information content (AvgIpc) is 2.48. The lowest BCUT2D eigenvalue weighted by Crippen LogP contribution is -2.16. The van der Waals surface area contributed by atoms with Gasteiger partial charge in [-0.05, 0) is 36.4 Å². The van der Waals surface area contributed by atoms with Crippen molar-refractivity contribution in [2.24, 2.45) is 5.73 Å². The van der Waals surface area contributed by atoms with Crippen molar-refractivity contribution in [1.82, 2.24) is 0 Å². The molecule has 5 nitrogen and oxygen atoms in total. The van der Waals surface area contributed by atoms with Crippen LogP contribution in [-0.2, 0) is 10.0 Å². The fraction of sp³-hybridized carbons (Fsp3) is 0. The van der Waals surface area contributed by atoms with Gasteiger partial charge in [0.2, 0.25) is 5.91 Å². The van der Waals surface area contributed by atoms with E-state index in [1.165, 1.54) is 12.1 Å². The molecule has 0 bridgehead atoms. The number of rotatable bonds is 4. The van der Waals surface area contributed by atoms with Crippen LogP contribution in [0.1, 0.15) is 10.4 Å². The lowest BCUT2D eigenvalue weighted by Gasteiger charge is -2.10. The summed E-state index contributed by atoms with van der Waals surface area (Å²) in [5.74, 6) is -5.63. The van der Waals surface area contributed by atoms with Crippen LogP contribution in [0, 0.1) is 17.5 Å². The van der Waals surface area contributed by atoms with Crippen molar-refractivity contribution in [2.75, 3.05) is 4.72 Å². The second-order valence-corrected chi connectivity index (χ2v) is 5.90. The molecule has 0 unspecified atom stereocenters. The van der Waals surface area contributed by atoms with Crippen molar-refractivity contribution < 1.29 is 26.4 Å². The van der Waals surface area contributed by atoms with E-state index in [9.17, 15) is 26.4 Å². The van der Waals surface area contributed by atoms with E-state index in [1.54, 1.807) is 4.72 Å². The molecule has 0 radical (unpaired) electrons. The lowest BCUT2D eigenvalue weighted by molar-refractivity contribution is 0.1000. The van der Waals surface area contributed by atoms with Crippen LogP contribution in [0.15, 0.2) is 41.3 Å². The first-order chi connectivity index (χ1) is 10.2. The molecule has 0 aliphatic rings. The smallest absolute Gasteiger partial charge is 0.261 e. The Balaban J connectivity index is 2.36. The van der Waals surface area contributed by atoms with E-state index < -0.39 is 39.1 Å². The highest BCUT2D eigenvalue weighted by Gasteiger charge is 2.20. The predicted octanol–water partition coefficient (Wildman–Crippen LogP) is 2.00. The van der Waals surface area contributed by atoms with E-state index in [4.69, 9.17) is 5.73 Å². The highest BCUT2D eigenvalue weighted by Crippen LogP contribution is 2.23. The van der Waals surface area contributed by atoms with Gasteiger partial charge in [-0.2, -0.15) is 0 Å². The van der Waals surface area contributed by atoms with Gasteiger partial charge in [0.25, 0.3) is 10.0 Å². The number of primary amides is 1. The summed E-state index contributed by atoms with van der Waals surface area (Å²) < 4.78 is 65.2. The van der Waals surface area contributed by atoms with E-state index in [0.717, 1.165) is 18.2 Å². The Kier molecular flexibility index (Phi) is 4.09. The Morgan fingerprint density at radius 1 is 0.955 bits per heavy atom. The van der Waals surface area contributed by atoms with E-state index in [-0.39, 0.29) is 10.5 Å². The van der Waals surface area contributed by atoms with Gasteiger partial charge in [0.05, 0.1) is 10.6 Å². The van der Waals surface area contributed by atoms with Crippen LogP contribution in [0.2, 0.25) is 0 Å². The van der Waals surface area contributed by atoms with Crippen LogP contribution in [0.3, 0.4) is 0 Å². The number of nitrogens with one attached hydrogen (secondary N) is 1. The third kappa shape index (κ3) is 3.03. The van der Waals surface area contributed by atoms with Gasteiger partial charge < -0.3 is 5.73 Å². The molecular weight excluding hydrogens is 321 g/mol. The van der Waals surface area contributed by atoms with Crippen molar-refractivity contribution in [2.45, 2.75) is 4.90 Å². The standard InChI is InChI=1S/C13H9F3N2O3S/c14-9-5-6-10(12(16)11(9)15)18-22(20,21)8-3-1-7(2-4-8)13(17)19/h1-6,18H,(H2,17,19). The normalized spacial score (nSPS) is 11.2. The van der Waals surface area contributed by atoms with Gasteiger partial charge in [-0.25, -0.2) is 21.6 Å². The van der Waals surface area contributed by atoms with Crippen LogP contribution >= 0.6 is 0 Å². The molecule has 0 saturated carbocycles. The zero-order chi connectivity index (χ0) is 16.5. The van der Waals surface area contributed by atoms with Crippen molar-refractivity contribution in [1.29, 1.82) is 0 Å². The minimum atomic E-state index is -4.24. The van der Waals surface area contributed by atoms with Gasteiger partial charge in [0.15, 0.2) is 17.5 Å². The van der Waals surface area contributed by atoms with E-state index in [1.807, 2.05) is 0 Å². The van der Waals surface area contributed by atoms with Crippen molar-refractivity contribution >= 4 is 21.6 Å². The van der Waals surface area contributed by atoms with Gasteiger partial charge in [-0.1, -0.05) is 0 Å². The van der Waals surface area contributed by atoms with Gasteiger partial charge in [0.1, 0.15) is 0 Å². The molecule has 0 aliphatic heterocycles.